The van der Waals surface area contributed by atoms with Crippen LogP contribution in [0.4, 0.5) is 5.69 Å². The molecule has 0 unspecified atom stereocenters. The quantitative estimate of drug-likeness (QED) is 0.547. The van der Waals surface area contributed by atoms with Crippen LogP contribution >= 0.6 is 0 Å². The van der Waals surface area contributed by atoms with Gasteiger partial charge in [-0.05, 0) is 65.2 Å². The lowest BCUT2D eigenvalue weighted by Crippen LogP contribution is -2.72. The molecular weight excluding hydrogens is 340 g/mol. The van der Waals surface area contributed by atoms with Crippen LogP contribution < -0.4 is 5.32 Å². The molecule has 150 valence electrons. The van der Waals surface area contributed by atoms with Gasteiger partial charge in [-0.1, -0.05) is 6.07 Å². The molecule has 1 aliphatic carbocycles. The number of carbonyl (C=O) groups excluding carboxylic acids is 2. The Morgan fingerprint density at radius 2 is 1.67 bits per heavy atom. The van der Waals surface area contributed by atoms with Gasteiger partial charge in [-0.2, -0.15) is 0 Å². The van der Waals surface area contributed by atoms with E-state index in [1.165, 1.54) is 0 Å². The second kappa shape index (κ2) is 8.42. The maximum absolute atomic E-state index is 13.5. The lowest BCUT2D eigenvalue weighted by atomic mass is 9.72. The second-order valence-corrected chi connectivity index (χ2v) is 7.66. The molecule has 1 N–H and O–H groups in total. The third kappa shape index (κ3) is 3.62. The molecule has 0 spiro atoms. The Balaban J connectivity index is 2.44. The minimum Gasteiger partial charge on any atom is -0.462 e. The minimum absolute atomic E-state index is 0.0387. The smallest absolute Gasteiger partial charge is 0.340 e. The predicted molar refractivity (Wildman–Crippen MR) is 109 cm³/mol. The summed E-state index contributed by atoms with van der Waals surface area (Å²) < 4.78 is 6.01. The Labute approximate surface area is 163 Å². The average Bonchev–Trinajstić information content (AvgIpc) is 2.60. The Morgan fingerprint density at radius 1 is 1.07 bits per heavy atom. The van der Waals surface area contributed by atoms with Crippen LogP contribution in [0, 0.1) is 13.8 Å². The number of hydrogen-bond acceptors (Lipinski definition) is 3. The van der Waals surface area contributed by atoms with Crippen molar-refractivity contribution in [2.75, 3.05) is 31.6 Å². The molecule has 5 nitrogen and oxygen atoms in total. The summed E-state index contributed by atoms with van der Waals surface area (Å²) in [6.45, 7) is 15.3. The number of rotatable bonds is 8. The van der Waals surface area contributed by atoms with Gasteiger partial charge < -0.3 is 14.5 Å². The van der Waals surface area contributed by atoms with Gasteiger partial charge in [0.1, 0.15) is 0 Å². The number of amides is 1. The van der Waals surface area contributed by atoms with Crippen LogP contribution in [0.3, 0.4) is 0 Å². The Kier molecular flexibility index (Phi) is 6.68. The van der Waals surface area contributed by atoms with E-state index in [-0.39, 0.29) is 11.9 Å². The maximum atomic E-state index is 13.5. The van der Waals surface area contributed by atoms with Crippen molar-refractivity contribution in [3.63, 3.8) is 0 Å². The molecule has 1 fully saturated rings. The maximum Gasteiger partial charge on any atom is 0.340 e. The second-order valence-electron chi connectivity index (χ2n) is 7.66. The van der Waals surface area contributed by atoms with Crippen LogP contribution in [0.5, 0.6) is 0 Å². The minimum atomic E-state index is -0.401. The first-order chi connectivity index (χ1) is 12.8. The summed E-state index contributed by atoms with van der Waals surface area (Å²) >= 11 is 0. The highest BCUT2D eigenvalue weighted by Crippen LogP contribution is 2.44. The summed E-state index contributed by atoms with van der Waals surface area (Å²) in [6, 6.07) is 3.79. The number of carbonyl (C=O) groups is 2. The highest BCUT2D eigenvalue weighted by molar-refractivity contribution is 6.05. The number of benzene rings is 1. The zero-order chi connectivity index (χ0) is 20.2. The van der Waals surface area contributed by atoms with Crippen molar-refractivity contribution in [1.29, 1.82) is 0 Å². The van der Waals surface area contributed by atoms with E-state index in [1.807, 2.05) is 19.9 Å². The average molecular weight is 376 g/mol. The first kappa shape index (κ1) is 21.4. The van der Waals surface area contributed by atoms with Crippen LogP contribution in [0.2, 0.25) is 0 Å². The van der Waals surface area contributed by atoms with Gasteiger partial charge in [-0.3, -0.25) is 4.79 Å². The zero-order valence-corrected chi connectivity index (χ0v) is 17.8. The van der Waals surface area contributed by atoms with Crippen molar-refractivity contribution in [3.8, 4) is 0 Å². The van der Waals surface area contributed by atoms with E-state index in [0.717, 1.165) is 54.5 Å². The lowest BCUT2D eigenvalue weighted by Gasteiger charge is -2.55. The molecule has 0 saturated heterocycles. The molecule has 0 aliphatic heterocycles. The zero-order valence-electron chi connectivity index (χ0n) is 17.8. The SMILES string of the molecule is CCOC(=O)c1cc(C)cc(C)c1NC(=O)C1([N+](CC)(CC)CC)CCC1. The number of anilines is 1. The van der Waals surface area contributed by atoms with Gasteiger partial charge in [-0.25, -0.2) is 4.79 Å². The van der Waals surface area contributed by atoms with Gasteiger partial charge in [0.05, 0.1) is 37.5 Å². The normalized spacial score (nSPS) is 15.8. The van der Waals surface area contributed by atoms with Gasteiger partial charge in [0.25, 0.3) is 5.91 Å². The highest BCUT2D eigenvalue weighted by Gasteiger charge is 2.58. The fourth-order valence-electron chi connectivity index (χ4n) is 4.74. The molecule has 1 amide bonds. The van der Waals surface area contributed by atoms with E-state index < -0.39 is 5.54 Å². The third-order valence-electron chi connectivity index (χ3n) is 6.54. The van der Waals surface area contributed by atoms with Crippen LogP contribution in [-0.4, -0.2) is 48.1 Å². The molecule has 27 heavy (non-hydrogen) atoms. The van der Waals surface area contributed by atoms with E-state index in [2.05, 4.69) is 26.1 Å². The summed E-state index contributed by atoms with van der Waals surface area (Å²) in [5.74, 6) is -0.346. The number of hydrogen-bond donors (Lipinski definition) is 1. The number of esters is 1. The molecular formula is C22H35N2O3+. The van der Waals surface area contributed by atoms with Crippen LogP contribution in [-0.2, 0) is 9.53 Å². The summed E-state index contributed by atoms with van der Waals surface area (Å²) in [6.07, 6.45) is 2.87. The number of nitrogens with zero attached hydrogens (tertiary/aromatic N) is 1. The van der Waals surface area contributed by atoms with Crippen LogP contribution in [0.1, 0.15) is 68.4 Å². The fourth-order valence-corrected chi connectivity index (χ4v) is 4.74. The van der Waals surface area contributed by atoms with Crippen molar-refractivity contribution < 1.29 is 18.8 Å². The molecule has 0 atom stereocenters. The van der Waals surface area contributed by atoms with E-state index in [4.69, 9.17) is 4.74 Å². The first-order valence-corrected chi connectivity index (χ1v) is 10.3. The number of nitrogens with one attached hydrogen (secondary N) is 1. The highest BCUT2D eigenvalue weighted by atomic mass is 16.5. The van der Waals surface area contributed by atoms with Crippen molar-refractivity contribution in [2.24, 2.45) is 0 Å². The Morgan fingerprint density at radius 3 is 2.11 bits per heavy atom. The van der Waals surface area contributed by atoms with Gasteiger partial charge in [0.15, 0.2) is 5.54 Å². The molecule has 1 saturated carbocycles. The Bertz CT molecular complexity index is 695. The first-order valence-electron chi connectivity index (χ1n) is 10.3. The monoisotopic (exact) mass is 375 g/mol. The molecule has 0 aromatic heterocycles. The summed E-state index contributed by atoms with van der Waals surface area (Å²) in [7, 11) is 0. The molecule has 0 radical (unpaired) electrons. The van der Waals surface area contributed by atoms with Gasteiger partial charge in [-0.15, -0.1) is 0 Å². The summed E-state index contributed by atoms with van der Waals surface area (Å²) in [5.41, 5.74) is 2.51. The molecule has 0 heterocycles. The van der Waals surface area contributed by atoms with E-state index in [1.54, 1.807) is 13.0 Å². The lowest BCUT2D eigenvalue weighted by molar-refractivity contribution is -0.967. The number of aryl methyl sites for hydroxylation is 2. The number of quaternary nitrogens is 1. The van der Waals surface area contributed by atoms with E-state index in [9.17, 15) is 9.59 Å². The predicted octanol–water partition coefficient (Wildman–Crippen LogP) is 4.22. The Hall–Kier alpha value is -1.88. The molecule has 5 heteroatoms. The van der Waals surface area contributed by atoms with Crippen LogP contribution in [0.25, 0.3) is 0 Å². The number of ether oxygens (including phenoxy) is 1. The van der Waals surface area contributed by atoms with Gasteiger partial charge in [0.2, 0.25) is 0 Å². The topological polar surface area (TPSA) is 55.4 Å². The number of likely N-dealkylation sites (N-methyl/N-ethyl adjacent to an activating group) is 1. The van der Waals surface area contributed by atoms with Crippen molar-refractivity contribution in [1.82, 2.24) is 0 Å². The summed E-state index contributed by atoms with van der Waals surface area (Å²) in [4.78, 5) is 26.0. The molecule has 1 aromatic rings. The van der Waals surface area contributed by atoms with Gasteiger partial charge >= 0.3 is 5.97 Å². The van der Waals surface area contributed by atoms with Crippen molar-refractivity contribution in [3.05, 3.63) is 28.8 Å². The molecule has 1 aliphatic rings. The van der Waals surface area contributed by atoms with Crippen molar-refractivity contribution in [2.45, 2.75) is 66.3 Å². The molecule has 2 rings (SSSR count). The van der Waals surface area contributed by atoms with Crippen molar-refractivity contribution >= 4 is 17.6 Å². The molecule has 0 bridgehead atoms. The van der Waals surface area contributed by atoms with E-state index >= 15 is 0 Å². The fraction of sp³-hybridized carbons (Fsp3) is 0.636. The van der Waals surface area contributed by atoms with E-state index in [0.29, 0.717) is 17.9 Å². The van der Waals surface area contributed by atoms with Crippen LogP contribution in [0.15, 0.2) is 12.1 Å². The van der Waals surface area contributed by atoms with Gasteiger partial charge in [0, 0.05) is 12.8 Å². The summed E-state index contributed by atoms with van der Waals surface area (Å²) in [5, 5.41) is 3.14. The third-order valence-corrected chi connectivity index (χ3v) is 6.54. The standard InChI is InChI=1S/C22H34N2O3/c1-7-24(8-2,9-3)22(12-11-13-22)21(26)23-19-17(6)14-16(5)15-18(19)20(25)27-10-4/h14-15H,7-13H2,1-6H3/p+1. The largest absolute Gasteiger partial charge is 0.462 e. The molecule has 1 aromatic carbocycles.